The second-order valence-electron chi connectivity index (χ2n) is 2.56. The average Bonchev–Trinajstić information content (AvgIpc) is 2.03. The van der Waals surface area contributed by atoms with Crippen molar-refractivity contribution in [2.24, 2.45) is 0 Å². The minimum absolute atomic E-state index is 0.112. The molecule has 0 aromatic heterocycles. The molecule has 0 aliphatic carbocycles. The molecule has 0 unspecified atom stereocenters. The topological polar surface area (TPSA) is 61.1 Å². The van der Waals surface area contributed by atoms with Gasteiger partial charge < -0.3 is 5.11 Å². The lowest BCUT2D eigenvalue weighted by Gasteiger charge is -2.02. The lowest BCUT2D eigenvalue weighted by Crippen LogP contribution is -2.00. The molecule has 0 heterocycles. The smallest absolute Gasteiger partial charge is 0.335 e. The van der Waals surface area contributed by atoms with Crippen molar-refractivity contribution in [1.29, 1.82) is 5.26 Å². The first-order valence-electron chi connectivity index (χ1n) is 3.50. The van der Waals surface area contributed by atoms with E-state index in [9.17, 15) is 4.79 Å². The number of rotatable bonds is 1. The van der Waals surface area contributed by atoms with Crippen molar-refractivity contribution in [2.45, 2.75) is 6.92 Å². The van der Waals surface area contributed by atoms with E-state index in [2.05, 4.69) is 0 Å². The Bertz CT molecular complexity index is 407. The second kappa shape index (κ2) is 3.46. The van der Waals surface area contributed by atoms with E-state index in [1.165, 1.54) is 12.1 Å². The van der Waals surface area contributed by atoms with Gasteiger partial charge in [-0.05, 0) is 24.6 Å². The average molecular weight is 196 g/mol. The highest BCUT2D eigenvalue weighted by atomic mass is 35.5. The van der Waals surface area contributed by atoms with E-state index >= 15 is 0 Å². The van der Waals surface area contributed by atoms with Gasteiger partial charge in [0.05, 0.1) is 16.1 Å². The van der Waals surface area contributed by atoms with Gasteiger partial charge in [-0.25, -0.2) is 4.79 Å². The lowest BCUT2D eigenvalue weighted by atomic mass is 10.1. The Morgan fingerprint density at radius 2 is 2.23 bits per heavy atom. The molecule has 0 saturated carbocycles. The summed E-state index contributed by atoms with van der Waals surface area (Å²) >= 11 is 5.69. The number of benzene rings is 1. The minimum Gasteiger partial charge on any atom is -0.478 e. The summed E-state index contributed by atoms with van der Waals surface area (Å²) in [6.45, 7) is 1.64. The SMILES string of the molecule is Cc1cc(Cl)c(C#N)cc1C(=O)O. The molecule has 1 rings (SSSR count). The third-order valence-corrected chi connectivity index (χ3v) is 1.98. The number of nitrogens with zero attached hydrogens (tertiary/aromatic N) is 1. The number of aryl methyl sites for hydroxylation is 1. The maximum atomic E-state index is 10.6. The van der Waals surface area contributed by atoms with Gasteiger partial charge in [-0.3, -0.25) is 0 Å². The highest BCUT2D eigenvalue weighted by Gasteiger charge is 2.10. The van der Waals surface area contributed by atoms with Gasteiger partial charge in [0.2, 0.25) is 0 Å². The van der Waals surface area contributed by atoms with Crippen molar-refractivity contribution < 1.29 is 9.90 Å². The van der Waals surface area contributed by atoms with E-state index in [0.29, 0.717) is 5.56 Å². The van der Waals surface area contributed by atoms with Gasteiger partial charge in [-0.2, -0.15) is 5.26 Å². The zero-order chi connectivity index (χ0) is 10.0. The van der Waals surface area contributed by atoms with Crippen LogP contribution in [0.4, 0.5) is 0 Å². The van der Waals surface area contributed by atoms with Crippen molar-refractivity contribution in [3.05, 3.63) is 33.8 Å². The third kappa shape index (κ3) is 1.79. The summed E-state index contributed by atoms with van der Waals surface area (Å²) in [4.78, 5) is 10.6. The van der Waals surface area contributed by atoms with Crippen molar-refractivity contribution in [3.8, 4) is 6.07 Å². The summed E-state index contributed by atoms with van der Waals surface area (Å²) in [5, 5.41) is 17.6. The molecule has 13 heavy (non-hydrogen) atoms. The number of hydrogen-bond donors (Lipinski definition) is 1. The summed E-state index contributed by atoms with van der Waals surface area (Å²) < 4.78 is 0. The van der Waals surface area contributed by atoms with Crippen LogP contribution in [-0.4, -0.2) is 11.1 Å². The summed E-state index contributed by atoms with van der Waals surface area (Å²) in [7, 11) is 0. The van der Waals surface area contributed by atoms with Gasteiger partial charge >= 0.3 is 5.97 Å². The fraction of sp³-hybridized carbons (Fsp3) is 0.111. The van der Waals surface area contributed by atoms with Crippen LogP contribution in [0.3, 0.4) is 0 Å². The van der Waals surface area contributed by atoms with Crippen LogP contribution in [0, 0.1) is 18.3 Å². The second-order valence-corrected chi connectivity index (χ2v) is 2.97. The Labute approximate surface area is 80.2 Å². The maximum absolute atomic E-state index is 10.6. The van der Waals surface area contributed by atoms with Gasteiger partial charge in [0.25, 0.3) is 0 Å². The number of halogens is 1. The first kappa shape index (κ1) is 9.56. The number of nitriles is 1. The Morgan fingerprint density at radius 1 is 1.62 bits per heavy atom. The number of carboxylic acid groups (broad SMARTS) is 1. The predicted molar refractivity (Wildman–Crippen MR) is 47.9 cm³/mol. The zero-order valence-corrected chi connectivity index (χ0v) is 7.59. The molecule has 0 saturated heterocycles. The van der Waals surface area contributed by atoms with E-state index in [1.807, 2.05) is 6.07 Å². The molecule has 0 fully saturated rings. The summed E-state index contributed by atoms with van der Waals surface area (Å²) in [5.41, 5.74) is 0.849. The van der Waals surface area contributed by atoms with Gasteiger partial charge in [0.1, 0.15) is 6.07 Å². The molecule has 66 valence electrons. The highest BCUT2D eigenvalue weighted by Crippen LogP contribution is 2.20. The molecule has 0 spiro atoms. The van der Waals surface area contributed by atoms with E-state index in [4.69, 9.17) is 22.0 Å². The maximum Gasteiger partial charge on any atom is 0.335 e. The monoisotopic (exact) mass is 195 g/mol. The first-order valence-corrected chi connectivity index (χ1v) is 3.87. The van der Waals surface area contributed by atoms with Crippen molar-refractivity contribution in [1.82, 2.24) is 0 Å². The lowest BCUT2D eigenvalue weighted by molar-refractivity contribution is 0.0696. The van der Waals surface area contributed by atoms with E-state index in [0.717, 1.165) is 0 Å². The number of hydrogen-bond acceptors (Lipinski definition) is 2. The van der Waals surface area contributed by atoms with Gasteiger partial charge in [0, 0.05) is 0 Å². The van der Waals surface area contributed by atoms with Crippen LogP contribution in [-0.2, 0) is 0 Å². The molecule has 0 radical (unpaired) electrons. The van der Waals surface area contributed by atoms with Gasteiger partial charge in [-0.15, -0.1) is 0 Å². The molecular weight excluding hydrogens is 190 g/mol. The van der Waals surface area contributed by atoms with Crippen LogP contribution in [0.1, 0.15) is 21.5 Å². The molecule has 0 aliphatic heterocycles. The van der Waals surface area contributed by atoms with Crippen molar-refractivity contribution >= 4 is 17.6 Å². The molecule has 0 atom stereocenters. The fourth-order valence-electron chi connectivity index (χ4n) is 0.989. The largest absolute Gasteiger partial charge is 0.478 e. The van der Waals surface area contributed by atoms with E-state index < -0.39 is 5.97 Å². The molecule has 1 aromatic rings. The fourth-order valence-corrected chi connectivity index (χ4v) is 1.25. The van der Waals surface area contributed by atoms with E-state index in [1.54, 1.807) is 6.92 Å². The molecule has 1 N–H and O–H groups in total. The predicted octanol–water partition coefficient (Wildman–Crippen LogP) is 2.22. The van der Waals surface area contributed by atoms with Crippen molar-refractivity contribution in [3.63, 3.8) is 0 Å². The molecule has 4 heteroatoms. The summed E-state index contributed by atoms with van der Waals surface area (Å²) in [5.74, 6) is -1.05. The van der Waals surface area contributed by atoms with Crippen LogP contribution in [0.25, 0.3) is 0 Å². The Balaban J connectivity index is 3.41. The summed E-state index contributed by atoms with van der Waals surface area (Å²) in [6.07, 6.45) is 0. The summed E-state index contributed by atoms with van der Waals surface area (Å²) in [6, 6.07) is 4.58. The number of carbonyl (C=O) groups is 1. The first-order chi connectivity index (χ1) is 6.06. The van der Waals surface area contributed by atoms with E-state index in [-0.39, 0.29) is 16.1 Å². The van der Waals surface area contributed by atoms with Crippen LogP contribution < -0.4 is 0 Å². The van der Waals surface area contributed by atoms with Crippen molar-refractivity contribution in [2.75, 3.05) is 0 Å². The minimum atomic E-state index is -1.05. The Hall–Kier alpha value is -1.53. The standard InChI is InChI=1S/C9H6ClNO2/c1-5-2-8(10)6(4-11)3-7(5)9(12)13/h2-3H,1H3,(H,12,13). The molecule has 3 nitrogen and oxygen atoms in total. The zero-order valence-electron chi connectivity index (χ0n) is 6.84. The van der Waals surface area contributed by atoms with Crippen LogP contribution in [0.2, 0.25) is 5.02 Å². The highest BCUT2D eigenvalue weighted by molar-refractivity contribution is 6.31. The van der Waals surface area contributed by atoms with Crippen LogP contribution in [0.5, 0.6) is 0 Å². The molecule has 0 bridgehead atoms. The third-order valence-electron chi connectivity index (χ3n) is 1.66. The normalized spacial score (nSPS) is 9.31. The number of aromatic carboxylic acids is 1. The van der Waals surface area contributed by atoms with Crippen LogP contribution in [0.15, 0.2) is 12.1 Å². The van der Waals surface area contributed by atoms with Crippen LogP contribution >= 0.6 is 11.6 Å². The quantitative estimate of drug-likeness (QED) is 0.748. The molecular formula is C9H6ClNO2. The number of carboxylic acids is 1. The Kier molecular flexibility index (Phi) is 2.54. The van der Waals surface area contributed by atoms with Gasteiger partial charge in [0.15, 0.2) is 0 Å². The molecule has 1 aromatic carbocycles. The van der Waals surface area contributed by atoms with Gasteiger partial charge in [-0.1, -0.05) is 11.6 Å². The Morgan fingerprint density at radius 3 is 2.69 bits per heavy atom. The molecule has 0 amide bonds. The molecule has 0 aliphatic rings.